The molecule has 154 valence electrons. The fourth-order valence-electron chi connectivity index (χ4n) is 3.43. The van der Waals surface area contributed by atoms with Gasteiger partial charge >= 0.3 is 6.18 Å². The first-order valence-corrected chi connectivity index (χ1v) is 9.06. The molecule has 1 N–H and O–H groups in total. The zero-order valence-corrected chi connectivity index (χ0v) is 16.0. The molecule has 1 aliphatic heterocycles. The number of nitrogens with one attached hydrogen (secondary N) is 1. The van der Waals surface area contributed by atoms with E-state index >= 15 is 0 Å². The molecule has 0 radical (unpaired) electrons. The van der Waals surface area contributed by atoms with Crippen LogP contribution in [0.5, 0.6) is 17.2 Å². The Hall–Kier alpha value is -2.92. The van der Waals surface area contributed by atoms with Gasteiger partial charge < -0.3 is 19.5 Å². The molecule has 5 nitrogen and oxygen atoms in total. The zero-order chi connectivity index (χ0) is 21.0. The summed E-state index contributed by atoms with van der Waals surface area (Å²) in [5.41, 5.74) is 1.03. The zero-order valence-electron chi connectivity index (χ0n) is 16.0. The predicted octanol–water partition coefficient (Wildman–Crippen LogP) is 4.27. The summed E-state index contributed by atoms with van der Waals surface area (Å²) in [6.45, 7) is 0.627. The minimum absolute atomic E-state index is 0.180. The highest BCUT2D eigenvalue weighted by atomic mass is 19.4. The highest BCUT2D eigenvalue weighted by Crippen LogP contribution is 2.38. The van der Waals surface area contributed by atoms with Gasteiger partial charge in [0.1, 0.15) is 11.9 Å². The molecule has 2 unspecified atom stereocenters. The van der Waals surface area contributed by atoms with Crippen LogP contribution in [0.1, 0.15) is 29.2 Å². The maximum absolute atomic E-state index is 12.8. The van der Waals surface area contributed by atoms with Crippen molar-refractivity contribution in [1.29, 1.82) is 5.26 Å². The van der Waals surface area contributed by atoms with Gasteiger partial charge in [-0.1, -0.05) is 0 Å². The van der Waals surface area contributed by atoms with Crippen LogP contribution in [0, 0.1) is 11.3 Å². The number of nitrogens with zero attached hydrogens (tertiary/aromatic N) is 1. The fraction of sp³-hybridized carbons (Fsp3) is 0.381. The van der Waals surface area contributed by atoms with Gasteiger partial charge in [-0.15, -0.1) is 0 Å². The van der Waals surface area contributed by atoms with Crippen molar-refractivity contribution in [3.63, 3.8) is 0 Å². The lowest BCUT2D eigenvalue weighted by Crippen LogP contribution is -2.36. The lowest BCUT2D eigenvalue weighted by Gasteiger charge is -2.27. The van der Waals surface area contributed by atoms with E-state index in [1.54, 1.807) is 13.2 Å². The summed E-state index contributed by atoms with van der Waals surface area (Å²) in [5, 5.41) is 12.5. The van der Waals surface area contributed by atoms with E-state index in [0.717, 1.165) is 23.3 Å². The molecule has 0 saturated heterocycles. The molecule has 2 aromatic rings. The highest BCUT2D eigenvalue weighted by Gasteiger charge is 2.32. The van der Waals surface area contributed by atoms with Gasteiger partial charge in [0.05, 0.1) is 38.3 Å². The molecule has 1 aliphatic rings. The van der Waals surface area contributed by atoms with Crippen molar-refractivity contribution in [3.05, 3.63) is 53.1 Å². The van der Waals surface area contributed by atoms with Crippen molar-refractivity contribution in [2.45, 2.75) is 31.2 Å². The van der Waals surface area contributed by atoms with Crippen LogP contribution in [0.4, 0.5) is 13.2 Å². The first-order chi connectivity index (χ1) is 13.9. The number of alkyl halides is 3. The molecule has 1 heterocycles. The van der Waals surface area contributed by atoms with E-state index < -0.39 is 17.8 Å². The van der Waals surface area contributed by atoms with Gasteiger partial charge in [0.15, 0.2) is 11.5 Å². The minimum Gasteiger partial charge on any atom is -0.493 e. The number of nitriles is 1. The number of benzene rings is 2. The summed E-state index contributed by atoms with van der Waals surface area (Å²) in [5.74, 6) is 1.39. The van der Waals surface area contributed by atoms with Crippen LogP contribution in [0.2, 0.25) is 0 Å². The van der Waals surface area contributed by atoms with E-state index in [9.17, 15) is 18.4 Å². The van der Waals surface area contributed by atoms with Crippen molar-refractivity contribution in [2.24, 2.45) is 0 Å². The van der Waals surface area contributed by atoms with E-state index in [4.69, 9.17) is 14.2 Å². The molecule has 3 rings (SSSR count). The summed E-state index contributed by atoms with van der Waals surface area (Å²) < 4.78 is 55.4. The first-order valence-electron chi connectivity index (χ1n) is 9.06. The third-order valence-electron chi connectivity index (χ3n) is 4.87. The Balaban J connectivity index is 2.00. The second-order valence-electron chi connectivity index (χ2n) is 6.64. The third kappa shape index (κ3) is 4.57. The van der Waals surface area contributed by atoms with Crippen LogP contribution in [-0.4, -0.2) is 26.8 Å². The molecule has 0 fully saturated rings. The molecular weight excluding hydrogens is 385 g/mol. The van der Waals surface area contributed by atoms with Crippen molar-refractivity contribution >= 4 is 0 Å². The number of hydrogen-bond acceptors (Lipinski definition) is 5. The maximum Gasteiger partial charge on any atom is 0.416 e. The van der Waals surface area contributed by atoms with Crippen molar-refractivity contribution < 1.29 is 27.4 Å². The Kier molecular flexibility index (Phi) is 6.18. The van der Waals surface area contributed by atoms with E-state index in [1.165, 1.54) is 19.2 Å². The van der Waals surface area contributed by atoms with Crippen LogP contribution < -0.4 is 19.5 Å². The Morgan fingerprint density at radius 3 is 2.34 bits per heavy atom. The summed E-state index contributed by atoms with van der Waals surface area (Å²) in [6.07, 6.45) is -4.13. The molecule has 0 aromatic heterocycles. The summed E-state index contributed by atoms with van der Waals surface area (Å²) in [7, 11) is 3.07. The molecule has 0 bridgehead atoms. The average Bonchev–Trinajstić information content (AvgIpc) is 2.86. The van der Waals surface area contributed by atoms with Crippen LogP contribution in [-0.2, 0) is 12.6 Å². The van der Waals surface area contributed by atoms with Gasteiger partial charge in [0.25, 0.3) is 0 Å². The van der Waals surface area contributed by atoms with Gasteiger partial charge in [-0.05, 0) is 54.9 Å². The van der Waals surface area contributed by atoms with Gasteiger partial charge in [0, 0.05) is 5.56 Å². The Morgan fingerprint density at radius 2 is 1.76 bits per heavy atom. The molecule has 0 amide bonds. The fourth-order valence-corrected chi connectivity index (χ4v) is 3.43. The molecule has 0 aliphatic carbocycles. The average molecular weight is 406 g/mol. The first kappa shape index (κ1) is 20.8. The summed E-state index contributed by atoms with van der Waals surface area (Å²) in [4.78, 5) is 0. The SMILES string of the molecule is COc1cc2c(cc1OC)C(Oc1ccc(C(F)(F)F)cc1)C(CC#N)NCC2. The largest absolute Gasteiger partial charge is 0.493 e. The smallest absolute Gasteiger partial charge is 0.416 e. The summed E-state index contributed by atoms with van der Waals surface area (Å²) in [6, 6.07) is 10.0. The topological polar surface area (TPSA) is 63.5 Å². The molecule has 0 spiro atoms. The summed E-state index contributed by atoms with van der Waals surface area (Å²) >= 11 is 0. The van der Waals surface area contributed by atoms with Crippen molar-refractivity contribution in [2.75, 3.05) is 20.8 Å². The van der Waals surface area contributed by atoms with E-state index in [1.807, 2.05) is 6.07 Å². The Labute approximate surface area is 167 Å². The number of halogens is 3. The van der Waals surface area contributed by atoms with Crippen LogP contribution >= 0.6 is 0 Å². The predicted molar refractivity (Wildman–Crippen MR) is 100 cm³/mol. The molecule has 0 saturated carbocycles. The Morgan fingerprint density at radius 1 is 1.10 bits per heavy atom. The lowest BCUT2D eigenvalue weighted by atomic mass is 9.95. The van der Waals surface area contributed by atoms with Crippen molar-refractivity contribution in [1.82, 2.24) is 5.32 Å². The van der Waals surface area contributed by atoms with Crippen LogP contribution in [0.15, 0.2) is 36.4 Å². The Bertz CT molecular complexity index is 892. The monoisotopic (exact) mass is 406 g/mol. The van der Waals surface area contributed by atoms with E-state index in [-0.39, 0.29) is 18.2 Å². The third-order valence-corrected chi connectivity index (χ3v) is 4.87. The number of methoxy groups -OCH3 is 2. The normalized spacial score (nSPS) is 18.9. The number of ether oxygens (including phenoxy) is 3. The molecule has 2 atom stereocenters. The van der Waals surface area contributed by atoms with Gasteiger partial charge in [-0.25, -0.2) is 0 Å². The quantitative estimate of drug-likeness (QED) is 0.804. The lowest BCUT2D eigenvalue weighted by molar-refractivity contribution is -0.137. The minimum atomic E-state index is -4.41. The number of hydrogen-bond donors (Lipinski definition) is 1. The number of fused-ring (bicyclic) bond motifs is 1. The second-order valence-corrected chi connectivity index (χ2v) is 6.64. The van der Waals surface area contributed by atoms with Crippen LogP contribution in [0.3, 0.4) is 0 Å². The van der Waals surface area contributed by atoms with Crippen molar-refractivity contribution in [3.8, 4) is 23.3 Å². The number of rotatable bonds is 5. The van der Waals surface area contributed by atoms with Gasteiger partial charge in [0.2, 0.25) is 0 Å². The van der Waals surface area contributed by atoms with Crippen LogP contribution in [0.25, 0.3) is 0 Å². The molecular formula is C21H21F3N2O3. The second kappa shape index (κ2) is 8.62. The van der Waals surface area contributed by atoms with E-state index in [0.29, 0.717) is 24.5 Å². The molecule has 8 heteroatoms. The standard InChI is InChI=1S/C21H21F3N2O3/c1-27-18-11-13-8-10-26-17(7-9-25)20(16(13)12-19(18)28-2)29-15-5-3-14(4-6-15)21(22,23)24/h3-6,11-12,17,20,26H,7-8,10H2,1-2H3. The van der Waals surface area contributed by atoms with Gasteiger partial charge in [-0.3, -0.25) is 0 Å². The highest BCUT2D eigenvalue weighted by molar-refractivity contribution is 5.49. The molecule has 2 aromatic carbocycles. The maximum atomic E-state index is 12.8. The van der Waals surface area contributed by atoms with Gasteiger partial charge in [-0.2, -0.15) is 18.4 Å². The molecule has 29 heavy (non-hydrogen) atoms. The van der Waals surface area contributed by atoms with E-state index in [2.05, 4.69) is 11.4 Å².